The number of halogens is 1. The first-order chi connectivity index (χ1) is 17.7. The predicted molar refractivity (Wildman–Crippen MR) is 144 cm³/mol. The third-order valence-corrected chi connectivity index (χ3v) is 6.62. The van der Waals surface area contributed by atoms with Crippen LogP contribution in [0.25, 0.3) is 22.8 Å². The Balaban J connectivity index is 1.36. The van der Waals surface area contributed by atoms with Crippen LogP contribution in [0, 0.1) is 5.82 Å². The zero-order chi connectivity index (χ0) is 24.7. The van der Waals surface area contributed by atoms with E-state index in [2.05, 4.69) is 41.3 Å². The van der Waals surface area contributed by atoms with Crippen LogP contribution in [0.2, 0.25) is 0 Å². The van der Waals surface area contributed by atoms with Crippen LogP contribution in [0.4, 0.5) is 4.39 Å². The van der Waals surface area contributed by atoms with Crippen LogP contribution in [-0.2, 0) is 11.3 Å². The molecule has 0 spiro atoms. The van der Waals surface area contributed by atoms with Gasteiger partial charge in [0.25, 0.3) is 5.91 Å². The molecule has 0 unspecified atom stereocenters. The molecule has 0 atom stereocenters. The topological polar surface area (TPSA) is 23.6 Å². The molecule has 1 aliphatic rings. The molecule has 3 nitrogen and oxygen atoms in total. The number of hydrogen-bond acceptors (Lipinski definition) is 2. The lowest BCUT2D eigenvalue weighted by atomic mass is 9.97. The van der Waals surface area contributed by atoms with E-state index in [1.165, 1.54) is 17.7 Å². The van der Waals surface area contributed by atoms with E-state index in [0.29, 0.717) is 18.7 Å². The summed E-state index contributed by atoms with van der Waals surface area (Å²) in [6.07, 6.45) is 1.87. The summed E-state index contributed by atoms with van der Waals surface area (Å²) in [5, 5.41) is 0. The van der Waals surface area contributed by atoms with Gasteiger partial charge in [0.2, 0.25) is 0 Å². The molecule has 4 aromatic rings. The minimum absolute atomic E-state index is 0.00569. The number of piperazine rings is 1. The maximum atomic E-state index is 13.8. The van der Waals surface area contributed by atoms with Crippen molar-refractivity contribution in [2.24, 2.45) is 0 Å². The summed E-state index contributed by atoms with van der Waals surface area (Å²) in [4.78, 5) is 18.1. The highest BCUT2D eigenvalue weighted by Gasteiger charge is 2.24. The van der Waals surface area contributed by atoms with E-state index >= 15 is 0 Å². The minimum Gasteiger partial charge on any atom is -0.336 e. The molecule has 0 saturated carbocycles. The number of nitrogens with zero attached hydrogens (tertiary/aromatic N) is 2. The lowest BCUT2D eigenvalue weighted by Gasteiger charge is -2.35. The Morgan fingerprint density at radius 1 is 0.694 bits per heavy atom. The summed E-state index contributed by atoms with van der Waals surface area (Å²) in [6, 6.07) is 35.0. The molecule has 4 aromatic carbocycles. The summed E-state index contributed by atoms with van der Waals surface area (Å²) in [5.41, 5.74) is 5.80. The maximum Gasteiger partial charge on any atom is 0.254 e. The first-order valence-electron chi connectivity index (χ1n) is 12.3. The zero-order valence-electron chi connectivity index (χ0n) is 20.2. The lowest BCUT2D eigenvalue weighted by molar-refractivity contribution is -0.126. The molecule has 4 heteroatoms. The number of rotatable bonds is 6. The van der Waals surface area contributed by atoms with E-state index in [4.69, 9.17) is 0 Å². The predicted octanol–water partition coefficient (Wildman–Crippen LogP) is 6.38. The highest BCUT2D eigenvalue weighted by Crippen LogP contribution is 2.26. The van der Waals surface area contributed by atoms with E-state index < -0.39 is 0 Å². The van der Waals surface area contributed by atoms with Gasteiger partial charge in [-0.2, -0.15) is 0 Å². The van der Waals surface area contributed by atoms with E-state index in [1.807, 2.05) is 59.5 Å². The third kappa shape index (κ3) is 5.78. The molecule has 1 fully saturated rings. The van der Waals surface area contributed by atoms with Crippen molar-refractivity contribution < 1.29 is 9.18 Å². The minimum atomic E-state index is -0.290. The van der Waals surface area contributed by atoms with Crippen molar-refractivity contribution >= 4 is 17.6 Å². The van der Waals surface area contributed by atoms with Crippen LogP contribution in [0.5, 0.6) is 0 Å². The van der Waals surface area contributed by atoms with Gasteiger partial charge in [-0.1, -0.05) is 97.1 Å². The van der Waals surface area contributed by atoms with Crippen molar-refractivity contribution in [3.8, 4) is 11.1 Å². The Morgan fingerprint density at radius 2 is 1.28 bits per heavy atom. The Morgan fingerprint density at radius 3 is 1.92 bits per heavy atom. The molecule has 0 aliphatic carbocycles. The Hall–Kier alpha value is -4.02. The molecule has 1 saturated heterocycles. The fourth-order valence-corrected chi connectivity index (χ4v) is 4.59. The number of carbonyl (C=O) groups is 1. The second-order valence-electron chi connectivity index (χ2n) is 9.11. The fraction of sp³-hybridized carbons (Fsp3) is 0.156. The van der Waals surface area contributed by atoms with Crippen LogP contribution < -0.4 is 0 Å². The molecule has 0 radical (unpaired) electrons. The summed E-state index contributed by atoms with van der Waals surface area (Å²) in [6.45, 7) is 3.90. The third-order valence-electron chi connectivity index (χ3n) is 6.62. The van der Waals surface area contributed by atoms with Gasteiger partial charge in [0.05, 0.1) is 0 Å². The molecular weight excluding hydrogens is 447 g/mol. The number of hydrogen-bond donors (Lipinski definition) is 0. The molecule has 1 amide bonds. The Kier molecular flexibility index (Phi) is 7.34. The molecule has 0 bridgehead atoms. The normalized spacial score (nSPS) is 14.6. The van der Waals surface area contributed by atoms with E-state index in [-0.39, 0.29) is 11.7 Å². The molecule has 0 aromatic heterocycles. The summed E-state index contributed by atoms with van der Waals surface area (Å²) in [5.74, 6) is -0.284. The van der Waals surface area contributed by atoms with Gasteiger partial charge in [0.15, 0.2) is 0 Å². The summed E-state index contributed by atoms with van der Waals surface area (Å²) < 4.78 is 13.5. The molecule has 180 valence electrons. The number of amides is 1. The zero-order valence-corrected chi connectivity index (χ0v) is 20.2. The molecule has 5 rings (SSSR count). The largest absolute Gasteiger partial charge is 0.336 e. The fourth-order valence-electron chi connectivity index (χ4n) is 4.59. The van der Waals surface area contributed by atoms with E-state index in [9.17, 15) is 9.18 Å². The van der Waals surface area contributed by atoms with Crippen molar-refractivity contribution in [3.63, 3.8) is 0 Å². The quantitative estimate of drug-likeness (QED) is 0.238. The van der Waals surface area contributed by atoms with Crippen molar-refractivity contribution in [2.75, 3.05) is 26.2 Å². The maximum absolute atomic E-state index is 13.8. The molecule has 1 aliphatic heterocycles. The molecule has 0 N–H and O–H groups in total. The Labute approximate surface area is 212 Å². The van der Waals surface area contributed by atoms with Crippen molar-refractivity contribution in [1.29, 1.82) is 0 Å². The average molecular weight is 477 g/mol. The smallest absolute Gasteiger partial charge is 0.254 e. The van der Waals surface area contributed by atoms with Gasteiger partial charge in [0.1, 0.15) is 5.82 Å². The highest BCUT2D eigenvalue weighted by molar-refractivity contribution is 6.24. The van der Waals surface area contributed by atoms with Gasteiger partial charge in [-0.15, -0.1) is 0 Å². The van der Waals surface area contributed by atoms with Crippen molar-refractivity contribution in [3.05, 3.63) is 132 Å². The molecule has 36 heavy (non-hydrogen) atoms. The highest BCUT2D eigenvalue weighted by atomic mass is 19.1. The van der Waals surface area contributed by atoms with E-state index in [0.717, 1.165) is 41.9 Å². The standard InChI is InChI=1S/C32H29FN2O/c33-30-17-11-25(12-18-30)23-31(29-15-13-28(14-16-29)27-9-5-2-6-10-27)32(36)35-21-19-34(20-22-35)24-26-7-3-1-4-8-26/h1-18,23H,19-22,24H2. The monoisotopic (exact) mass is 476 g/mol. The van der Waals surface area contributed by atoms with Crippen molar-refractivity contribution in [2.45, 2.75) is 6.54 Å². The van der Waals surface area contributed by atoms with Gasteiger partial charge in [-0.3, -0.25) is 9.69 Å². The van der Waals surface area contributed by atoms with Gasteiger partial charge >= 0.3 is 0 Å². The van der Waals surface area contributed by atoms with Crippen LogP contribution >= 0.6 is 0 Å². The van der Waals surface area contributed by atoms with Gasteiger partial charge in [-0.05, 0) is 46.0 Å². The van der Waals surface area contributed by atoms with Gasteiger partial charge < -0.3 is 4.90 Å². The molecular formula is C32H29FN2O. The molecule has 1 heterocycles. The van der Waals surface area contributed by atoms with Gasteiger partial charge in [-0.25, -0.2) is 4.39 Å². The van der Waals surface area contributed by atoms with Crippen molar-refractivity contribution in [1.82, 2.24) is 9.80 Å². The second-order valence-corrected chi connectivity index (χ2v) is 9.11. The van der Waals surface area contributed by atoms with Crippen LogP contribution in [0.1, 0.15) is 16.7 Å². The second kappa shape index (κ2) is 11.1. The van der Waals surface area contributed by atoms with E-state index in [1.54, 1.807) is 12.1 Å². The SMILES string of the molecule is O=C(C(=Cc1ccc(F)cc1)c1ccc(-c2ccccc2)cc1)N1CCN(Cc2ccccc2)CC1. The van der Waals surface area contributed by atoms with Crippen LogP contribution in [-0.4, -0.2) is 41.9 Å². The summed E-state index contributed by atoms with van der Waals surface area (Å²) >= 11 is 0. The summed E-state index contributed by atoms with van der Waals surface area (Å²) in [7, 11) is 0. The Bertz CT molecular complexity index is 1310. The lowest BCUT2D eigenvalue weighted by Crippen LogP contribution is -2.48. The van der Waals surface area contributed by atoms with Crippen LogP contribution in [0.3, 0.4) is 0 Å². The average Bonchev–Trinajstić information content (AvgIpc) is 2.94. The first-order valence-corrected chi connectivity index (χ1v) is 12.3. The van der Waals surface area contributed by atoms with Crippen LogP contribution in [0.15, 0.2) is 109 Å². The number of benzene rings is 4. The van der Waals surface area contributed by atoms with Gasteiger partial charge in [0, 0.05) is 38.3 Å². The number of carbonyl (C=O) groups excluding carboxylic acids is 1. The first kappa shape index (κ1) is 23.7.